The van der Waals surface area contributed by atoms with E-state index >= 15 is 0 Å². The Hall–Kier alpha value is -2.08. The molecular weight excluding hydrogens is 258 g/mol. The van der Waals surface area contributed by atoms with Gasteiger partial charge in [0.15, 0.2) is 5.58 Å². The number of hydrogen-bond donors (Lipinski definition) is 2. The summed E-state index contributed by atoms with van der Waals surface area (Å²) in [4.78, 5) is 27.5. The van der Waals surface area contributed by atoms with Crippen LogP contribution >= 0.6 is 0 Å². The summed E-state index contributed by atoms with van der Waals surface area (Å²) >= 11 is 0. The fraction of sp³-hybridized carbons (Fsp3) is 0.429. The Bertz CT molecular complexity index is 642. The minimum Gasteiger partial charge on any atom is -0.408 e. The number of hydrogen-bond acceptors (Lipinski definition) is 4. The molecule has 0 spiro atoms. The maximum absolute atomic E-state index is 11.8. The molecule has 0 fully saturated rings. The highest BCUT2D eigenvalue weighted by Crippen LogP contribution is 2.12. The molecular formula is C14H19N3O3. The summed E-state index contributed by atoms with van der Waals surface area (Å²) in [6.45, 7) is 1.62. The number of H-pyrrole nitrogens is 1. The van der Waals surface area contributed by atoms with Gasteiger partial charge in [-0.3, -0.25) is 9.78 Å². The van der Waals surface area contributed by atoms with E-state index in [0.717, 1.165) is 18.5 Å². The van der Waals surface area contributed by atoms with Crippen molar-refractivity contribution < 1.29 is 9.21 Å². The minimum atomic E-state index is -0.481. The minimum absolute atomic E-state index is 0.0195. The van der Waals surface area contributed by atoms with Crippen LogP contribution in [0, 0.1) is 0 Å². The number of benzene rings is 1. The maximum atomic E-state index is 11.8. The van der Waals surface area contributed by atoms with Crippen LogP contribution in [0.1, 0.15) is 12.0 Å². The summed E-state index contributed by atoms with van der Waals surface area (Å²) in [5.41, 5.74) is 1.97. The van der Waals surface area contributed by atoms with Gasteiger partial charge in [0.1, 0.15) is 0 Å². The molecule has 6 nitrogen and oxygen atoms in total. The fourth-order valence-corrected chi connectivity index (χ4v) is 1.98. The van der Waals surface area contributed by atoms with Crippen molar-refractivity contribution in [3.05, 3.63) is 34.3 Å². The topological polar surface area (TPSA) is 78.3 Å². The van der Waals surface area contributed by atoms with Crippen LogP contribution in [0.15, 0.2) is 27.4 Å². The monoisotopic (exact) mass is 277 g/mol. The third-order valence-electron chi connectivity index (χ3n) is 2.95. The first-order valence-electron chi connectivity index (χ1n) is 6.58. The average Bonchev–Trinajstić information content (AvgIpc) is 2.74. The first kappa shape index (κ1) is 14.3. The van der Waals surface area contributed by atoms with Crippen LogP contribution in [0.5, 0.6) is 0 Å². The second-order valence-electron chi connectivity index (χ2n) is 5.03. The maximum Gasteiger partial charge on any atom is 0.417 e. The molecule has 0 unspecified atom stereocenters. The number of aromatic nitrogens is 1. The van der Waals surface area contributed by atoms with E-state index in [0.29, 0.717) is 24.1 Å². The van der Waals surface area contributed by atoms with E-state index < -0.39 is 5.76 Å². The van der Waals surface area contributed by atoms with Crippen molar-refractivity contribution in [2.45, 2.75) is 12.8 Å². The van der Waals surface area contributed by atoms with Gasteiger partial charge in [-0.2, -0.15) is 0 Å². The third-order valence-corrected chi connectivity index (χ3v) is 2.95. The number of rotatable bonds is 6. The number of fused-ring (bicyclic) bond motifs is 1. The van der Waals surface area contributed by atoms with E-state index in [4.69, 9.17) is 4.42 Å². The lowest BCUT2D eigenvalue weighted by Crippen LogP contribution is -2.28. The Morgan fingerprint density at radius 3 is 2.95 bits per heavy atom. The number of nitrogens with one attached hydrogen (secondary N) is 2. The van der Waals surface area contributed by atoms with Crippen LogP contribution in [0.4, 0.5) is 0 Å². The summed E-state index contributed by atoms with van der Waals surface area (Å²) in [6, 6.07) is 5.25. The highest BCUT2D eigenvalue weighted by molar-refractivity contribution is 5.80. The van der Waals surface area contributed by atoms with Crippen LogP contribution in [-0.4, -0.2) is 43.0 Å². The zero-order valence-corrected chi connectivity index (χ0v) is 11.7. The number of carbonyl (C=O) groups is 1. The molecule has 2 N–H and O–H groups in total. The van der Waals surface area contributed by atoms with Gasteiger partial charge < -0.3 is 14.6 Å². The second-order valence-corrected chi connectivity index (χ2v) is 5.03. The average molecular weight is 277 g/mol. The van der Waals surface area contributed by atoms with Gasteiger partial charge >= 0.3 is 5.76 Å². The van der Waals surface area contributed by atoms with Gasteiger partial charge in [0.2, 0.25) is 5.91 Å². The van der Waals surface area contributed by atoms with Crippen molar-refractivity contribution in [2.24, 2.45) is 0 Å². The molecule has 6 heteroatoms. The zero-order chi connectivity index (χ0) is 14.5. The molecule has 1 aromatic carbocycles. The molecule has 20 heavy (non-hydrogen) atoms. The van der Waals surface area contributed by atoms with Crippen molar-refractivity contribution in [1.82, 2.24) is 15.2 Å². The highest BCUT2D eigenvalue weighted by Gasteiger charge is 2.06. The van der Waals surface area contributed by atoms with Crippen molar-refractivity contribution in [2.75, 3.05) is 27.2 Å². The molecule has 1 amide bonds. The molecule has 0 radical (unpaired) electrons. The van der Waals surface area contributed by atoms with Gasteiger partial charge in [0.05, 0.1) is 11.9 Å². The Kier molecular flexibility index (Phi) is 4.57. The summed E-state index contributed by atoms with van der Waals surface area (Å²) in [6.07, 6.45) is 1.22. The zero-order valence-electron chi connectivity index (χ0n) is 11.7. The molecule has 0 aliphatic heterocycles. The molecule has 1 heterocycles. The smallest absolute Gasteiger partial charge is 0.408 e. The van der Waals surface area contributed by atoms with Gasteiger partial charge in [0.25, 0.3) is 0 Å². The van der Waals surface area contributed by atoms with Gasteiger partial charge in [-0.1, -0.05) is 6.07 Å². The largest absolute Gasteiger partial charge is 0.417 e. The van der Waals surface area contributed by atoms with E-state index in [1.807, 2.05) is 14.1 Å². The van der Waals surface area contributed by atoms with Crippen LogP contribution in [0.25, 0.3) is 11.1 Å². The fourth-order valence-electron chi connectivity index (χ4n) is 1.98. The van der Waals surface area contributed by atoms with Gasteiger partial charge in [0, 0.05) is 6.54 Å². The lowest BCUT2D eigenvalue weighted by atomic mass is 10.1. The normalized spacial score (nSPS) is 11.2. The van der Waals surface area contributed by atoms with Gasteiger partial charge in [-0.15, -0.1) is 0 Å². The first-order chi connectivity index (χ1) is 9.54. The Labute approximate surface area is 116 Å². The number of aromatic amines is 1. The predicted molar refractivity (Wildman–Crippen MR) is 76.7 cm³/mol. The van der Waals surface area contributed by atoms with Crippen molar-refractivity contribution in [1.29, 1.82) is 0 Å². The number of carbonyl (C=O) groups excluding carboxylic acids is 1. The molecule has 108 valence electrons. The van der Waals surface area contributed by atoms with Gasteiger partial charge in [-0.05, 0) is 44.8 Å². The first-order valence-corrected chi connectivity index (χ1v) is 6.58. The standard InChI is InChI=1S/C14H19N3O3/c1-17(2)7-3-6-15-13(18)9-10-4-5-12-11(8-10)16-14(19)20-12/h4-5,8H,3,6-7,9H2,1-2H3,(H,15,18)(H,16,19). The molecule has 0 aliphatic carbocycles. The Morgan fingerprint density at radius 1 is 1.40 bits per heavy atom. The molecule has 0 saturated carbocycles. The molecule has 0 aliphatic rings. The van der Waals surface area contributed by atoms with E-state index in [1.54, 1.807) is 18.2 Å². The highest BCUT2D eigenvalue weighted by atomic mass is 16.4. The van der Waals surface area contributed by atoms with E-state index in [2.05, 4.69) is 15.2 Å². The van der Waals surface area contributed by atoms with Crippen LogP contribution in [-0.2, 0) is 11.2 Å². The van der Waals surface area contributed by atoms with Gasteiger partial charge in [-0.25, -0.2) is 4.79 Å². The van der Waals surface area contributed by atoms with Crippen LogP contribution < -0.4 is 11.1 Å². The van der Waals surface area contributed by atoms with E-state index in [-0.39, 0.29) is 5.91 Å². The summed E-state index contributed by atoms with van der Waals surface area (Å²) in [5.74, 6) is -0.501. The molecule has 0 saturated heterocycles. The van der Waals surface area contributed by atoms with Crippen molar-refractivity contribution >= 4 is 17.0 Å². The molecule has 1 aromatic heterocycles. The van der Waals surface area contributed by atoms with Crippen LogP contribution in [0.3, 0.4) is 0 Å². The number of amides is 1. The van der Waals surface area contributed by atoms with Crippen molar-refractivity contribution in [3.63, 3.8) is 0 Å². The number of oxazole rings is 1. The summed E-state index contributed by atoms with van der Waals surface area (Å²) in [7, 11) is 4.01. The summed E-state index contributed by atoms with van der Waals surface area (Å²) in [5, 5.41) is 2.88. The quantitative estimate of drug-likeness (QED) is 0.763. The van der Waals surface area contributed by atoms with E-state index in [1.165, 1.54) is 0 Å². The molecule has 0 bridgehead atoms. The predicted octanol–water partition coefficient (Wildman–Crippen LogP) is 0.732. The van der Waals surface area contributed by atoms with E-state index in [9.17, 15) is 9.59 Å². The molecule has 2 rings (SSSR count). The summed E-state index contributed by atoms with van der Waals surface area (Å²) < 4.78 is 4.91. The molecule has 2 aromatic rings. The van der Waals surface area contributed by atoms with Crippen LogP contribution in [0.2, 0.25) is 0 Å². The lowest BCUT2D eigenvalue weighted by molar-refractivity contribution is -0.120. The Morgan fingerprint density at radius 2 is 2.20 bits per heavy atom. The molecule has 0 atom stereocenters. The third kappa shape index (κ3) is 3.96. The second kappa shape index (κ2) is 6.38. The lowest BCUT2D eigenvalue weighted by Gasteiger charge is -2.09. The Balaban J connectivity index is 1.87. The number of nitrogens with zero attached hydrogens (tertiary/aromatic N) is 1. The van der Waals surface area contributed by atoms with Crippen molar-refractivity contribution in [3.8, 4) is 0 Å². The SMILES string of the molecule is CN(C)CCCNC(=O)Cc1ccc2oc(=O)[nH]c2c1.